The number of nitrogens with zero attached hydrogens (tertiary/aromatic N) is 3. The van der Waals surface area contributed by atoms with Gasteiger partial charge in [-0.2, -0.15) is 0 Å². The van der Waals surface area contributed by atoms with E-state index in [1.807, 2.05) is 0 Å². The fraction of sp³-hybridized carbons (Fsp3) is 0.130. The van der Waals surface area contributed by atoms with Crippen LogP contribution in [0.5, 0.6) is 0 Å². The zero-order chi connectivity index (χ0) is 22.5. The summed E-state index contributed by atoms with van der Waals surface area (Å²) in [5.41, 5.74) is 0.757. The number of aromatic amines is 1. The van der Waals surface area contributed by atoms with Gasteiger partial charge in [0.2, 0.25) is 0 Å². The molecule has 0 aliphatic rings. The lowest BCUT2D eigenvalue weighted by Crippen LogP contribution is -2.33. The molecule has 0 aliphatic carbocycles. The van der Waals surface area contributed by atoms with E-state index in [1.54, 1.807) is 65.6 Å². The highest BCUT2D eigenvalue weighted by Crippen LogP contribution is 2.21. The number of ether oxygens (including phenoxy) is 1. The van der Waals surface area contributed by atoms with Crippen LogP contribution in [0.25, 0.3) is 17.2 Å². The summed E-state index contributed by atoms with van der Waals surface area (Å²) in [6, 6.07) is 13.9. The van der Waals surface area contributed by atoms with Gasteiger partial charge in [-0.25, -0.2) is 9.37 Å². The monoisotopic (exact) mass is 433 g/mol. The van der Waals surface area contributed by atoms with Crippen molar-refractivity contribution in [2.45, 2.75) is 6.04 Å². The molecule has 9 heteroatoms. The number of H-pyrrole nitrogens is 1. The molecule has 4 aromatic rings. The van der Waals surface area contributed by atoms with E-state index in [0.29, 0.717) is 16.9 Å². The van der Waals surface area contributed by atoms with Crippen LogP contribution in [0.4, 0.5) is 4.39 Å². The molecule has 0 saturated heterocycles. The molecule has 2 N–H and O–H groups in total. The maximum absolute atomic E-state index is 14.7. The lowest BCUT2D eigenvalue weighted by atomic mass is 10.1. The van der Waals surface area contributed by atoms with Crippen LogP contribution < -0.4 is 10.9 Å². The number of nitrogens with one attached hydrogen (secondary N) is 2. The highest BCUT2D eigenvalue weighted by molar-refractivity contribution is 5.92. The molecule has 0 saturated carbocycles. The molecule has 4 rings (SSSR count). The van der Waals surface area contributed by atoms with E-state index in [2.05, 4.69) is 20.3 Å². The SMILES string of the molecule is COCC(NC(=O)c1cc(=O)[nH]c(-c2ccccn2)n1)c1ccc(-n2cccc2)c(F)c1. The Morgan fingerprint density at radius 1 is 1.19 bits per heavy atom. The Balaban J connectivity index is 1.60. The predicted molar refractivity (Wildman–Crippen MR) is 116 cm³/mol. The van der Waals surface area contributed by atoms with E-state index >= 15 is 0 Å². The molecule has 32 heavy (non-hydrogen) atoms. The van der Waals surface area contributed by atoms with Crippen LogP contribution in [0.3, 0.4) is 0 Å². The van der Waals surface area contributed by atoms with Crippen molar-refractivity contribution in [1.29, 1.82) is 0 Å². The van der Waals surface area contributed by atoms with Crippen LogP contribution in [0.2, 0.25) is 0 Å². The highest BCUT2D eigenvalue weighted by Gasteiger charge is 2.20. The Hall–Kier alpha value is -4.11. The number of pyridine rings is 1. The van der Waals surface area contributed by atoms with Gasteiger partial charge < -0.3 is 19.6 Å². The number of carbonyl (C=O) groups is 1. The maximum Gasteiger partial charge on any atom is 0.270 e. The number of hydrogen-bond acceptors (Lipinski definition) is 5. The normalized spacial score (nSPS) is 11.8. The van der Waals surface area contributed by atoms with Crippen molar-refractivity contribution >= 4 is 5.91 Å². The third-order valence-corrected chi connectivity index (χ3v) is 4.78. The first kappa shape index (κ1) is 21.1. The number of aromatic nitrogens is 4. The number of halogens is 1. The van der Waals surface area contributed by atoms with E-state index in [0.717, 1.165) is 6.07 Å². The first-order valence-electron chi connectivity index (χ1n) is 9.80. The van der Waals surface area contributed by atoms with Crippen LogP contribution in [0.15, 0.2) is 78.0 Å². The summed E-state index contributed by atoms with van der Waals surface area (Å²) in [5.74, 6) is -0.861. The van der Waals surface area contributed by atoms with Crippen LogP contribution in [-0.2, 0) is 4.74 Å². The molecule has 1 atom stereocenters. The maximum atomic E-state index is 14.7. The third-order valence-electron chi connectivity index (χ3n) is 4.78. The standard InChI is InChI=1S/C23H20FN5O3/c1-32-14-19(15-7-8-20(16(24)12-15)29-10-4-5-11-29)27-23(31)18-13-21(30)28-22(26-18)17-6-2-3-9-25-17/h2-13,19H,14H2,1H3,(H,27,31)(H,26,28,30). The molecule has 0 radical (unpaired) electrons. The fourth-order valence-electron chi connectivity index (χ4n) is 3.26. The summed E-state index contributed by atoms with van der Waals surface area (Å²) in [5, 5.41) is 2.76. The Labute approximate surface area is 182 Å². The van der Waals surface area contributed by atoms with Gasteiger partial charge in [0.15, 0.2) is 5.82 Å². The summed E-state index contributed by atoms with van der Waals surface area (Å²) in [4.78, 5) is 35.9. The minimum atomic E-state index is -0.653. The molecular formula is C23H20FN5O3. The van der Waals surface area contributed by atoms with E-state index < -0.39 is 23.3 Å². The van der Waals surface area contributed by atoms with Gasteiger partial charge in [0.25, 0.3) is 11.5 Å². The van der Waals surface area contributed by atoms with Gasteiger partial charge in [0, 0.05) is 31.8 Å². The lowest BCUT2D eigenvalue weighted by molar-refractivity contribution is 0.0891. The molecule has 3 aromatic heterocycles. The molecular weight excluding hydrogens is 413 g/mol. The van der Waals surface area contributed by atoms with Crippen molar-refractivity contribution in [1.82, 2.24) is 24.8 Å². The number of rotatable bonds is 7. The van der Waals surface area contributed by atoms with Crippen LogP contribution in [0.1, 0.15) is 22.1 Å². The van der Waals surface area contributed by atoms with Crippen molar-refractivity contribution in [2.24, 2.45) is 0 Å². The third kappa shape index (κ3) is 4.62. The smallest absolute Gasteiger partial charge is 0.270 e. The number of carbonyl (C=O) groups excluding carboxylic acids is 1. The van der Waals surface area contributed by atoms with Gasteiger partial charge in [-0.15, -0.1) is 0 Å². The first-order valence-corrected chi connectivity index (χ1v) is 9.80. The van der Waals surface area contributed by atoms with Crippen molar-refractivity contribution in [3.05, 3.63) is 101 Å². The second-order valence-electron chi connectivity index (χ2n) is 6.98. The van der Waals surface area contributed by atoms with Gasteiger partial charge in [-0.05, 0) is 42.0 Å². The largest absolute Gasteiger partial charge is 0.382 e. The minimum Gasteiger partial charge on any atom is -0.382 e. The van der Waals surface area contributed by atoms with Gasteiger partial charge in [-0.3, -0.25) is 14.6 Å². The van der Waals surface area contributed by atoms with Crippen LogP contribution in [0, 0.1) is 5.82 Å². The summed E-state index contributed by atoms with van der Waals surface area (Å²) < 4.78 is 21.6. The van der Waals surface area contributed by atoms with Crippen LogP contribution in [-0.4, -0.2) is 39.1 Å². The number of benzene rings is 1. The van der Waals surface area contributed by atoms with Gasteiger partial charge >= 0.3 is 0 Å². The molecule has 0 bridgehead atoms. The molecule has 1 aromatic carbocycles. The average molecular weight is 433 g/mol. The van der Waals surface area contributed by atoms with Gasteiger partial charge in [-0.1, -0.05) is 12.1 Å². The van der Waals surface area contributed by atoms with Crippen molar-refractivity contribution < 1.29 is 13.9 Å². The van der Waals surface area contributed by atoms with E-state index in [1.165, 1.54) is 13.2 Å². The second kappa shape index (κ2) is 9.36. The summed E-state index contributed by atoms with van der Waals surface area (Å²) in [7, 11) is 1.48. The Morgan fingerprint density at radius 3 is 2.69 bits per heavy atom. The summed E-state index contributed by atoms with van der Waals surface area (Å²) in [6.45, 7) is 0.102. The molecule has 1 unspecified atom stereocenters. The number of hydrogen-bond donors (Lipinski definition) is 2. The quantitative estimate of drug-likeness (QED) is 0.467. The molecule has 8 nitrogen and oxygen atoms in total. The van der Waals surface area contributed by atoms with Crippen molar-refractivity contribution in [3.63, 3.8) is 0 Å². The average Bonchev–Trinajstić information content (AvgIpc) is 3.33. The van der Waals surface area contributed by atoms with Gasteiger partial charge in [0.1, 0.15) is 17.2 Å². The predicted octanol–water partition coefficient (Wildman–Crippen LogP) is 2.88. The van der Waals surface area contributed by atoms with E-state index in [9.17, 15) is 14.0 Å². The summed E-state index contributed by atoms with van der Waals surface area (Å²) >= 11 is 0. The topological polar surface area (TPSA) is 102 Å². The molecule has 3 heterocycles. The molecule has 162 valence electrons. The van der Waals surface area contributed by atoms with Gasteiger partial charge in [0.05, 0.1) is 18.3 Å². The lowest BCUT2D eigenvalue weighted by Gasteiger charge is -2.19. The van der Waals surface area contributed by atoms with Crippen LogP contribution >= 0.6 is 0 Å². The molecule has 0 spiro atoms. The fourth-order valence-corrected chi connectivity index (χ4v) is 3.26. The number of methoxy groups -OCH3 is 1. The molecule has 1 amide bonds. The summed E-state index contributed by atoms with van der Waals surface area (Å²) in [6.07, 6.45) is 5.04. The Bertz CT molecular complexity index is 1270. The zero-order valence-corrected chi connectivity index (χ0v) is 17.2. The Morgan fingerprint density at radius 2 is 2.00 bits per heavy atom. The Kier molecular flexibility index (Phi) is 6.18. The first-order chi connectivity index (χ1) is 15.5. The molecule has 0 fully saturated rings. The van der Waals surface area contributed by atoms with E-state index in [-0.39, 0.29) is 18.1 Å². The second-order valence-corrected chi connectivity index (χ2v) is 6.98. The van der Waals surface area contributed by atoms with E-state index in [4.69, 9.17) is 4.74 Å². The zero-order valence-electron chi connectivity index (χ0n) is 17.2. The minimum absolute atomic E-state index is 0.0834. The molecule has 0 aliphatic heterocycles. The highest BCUT2D eigenvalue weighted by atomic mass is 19.1. The van der Waals surface area contributed by atoms with Crippen molar-refractivity contribution in [3.8, 4) is 17.2 Å². The van der Waals surface area contributed by atoms with Crippen molar-refractivity contribution in [2.75, 3.05) is 13.7 Å². The number of amides is 1.